The molecule has 8 nitrogen and oxygen atoms in total. The summed E-state index contributed by atoms with van der Waals surface area (Å²) < 4.78 is 5.50. The van der Waals surface area contributed by atoms with E-state index in [0.717, 1.165) is 5.56 Å². The van der Waals surface area contributed by atoms with Crippen LogP contribution in [0.5, 0.6) is 5.75 Å². The first-order chi connectivity index (χ1) is 11.4. The van der Waals surface area contributed by atoms with Crippen LogP contribution in [0.25, 0.3) is 0 Å². The van der Waals surface area contributed by atoms with Gasteiger partial charge in [-0.25, -0.2) is 0 Å². The Hall–Kier alpha value is -1.78. The molecule has 0 aliphatic carbocycles. The Bertz CT molecular complexity index is 581. The summed E-state index contributed by atoms with van der Waals surface area (Å²) >= 11 is 5.06. The van der Waals surface area contributed by atoms with Gasteiger partial charge in [0.05, 0.1) is 12.3 Å². The number of aromatic hydroxyl groups is 1. The molecule has 0 bridgehead atoms. The fourth-order valence-corrected chi connectivity index (χ4v) is 2.46. The van der Waals surface area contributed by atoms with Gasteiger partial charge in [-0.3, -0.25) is 5.43 Å². The van der Waals surface area contributed by atoms with E-state index in [1.54, 1.807) is 19.1 Å². The average molecular weight is 355 g/mol. The van der Waals surface area contributed by atoms with Crippen LogP contribution in [-0.2, 0) is 4.74 Å². The summed E-state index contributed by atoms with van der Waals surface area (Å²) in [6.07, 6.45) is -3.41. The zero-order valence-corrected chi connectivity index (χ0v) is 13.8. The monoisotopic (exact) mass is 355 g/mol. The van der Waals surface area contributed by atoms with Crippen molar-refractivity contribution in [2.45, 2.75) is 44.0 Å². The molecule has 5 atom stereocenters. The van der Waals surface area contributed by atoms with Crippen molar-refractivity contribution in [2.24, 2.45) is 5.10 Å². The van der Waals surface area contributed by atoms with Crippen LogP contribution in [0.15, 0.2) is 29.4 Å². The van der Waals surface area contributed by atoms with Crippen molar-refractivity contribution in [2.75, 3.05) is 0 Å². The number of thiocarbonyl (C=S) groups is 1. The van der Waals surface area contributed by atoms with Gasteiger partial charge in [0.1, 0.15) is 24.1 Å². The molecular weight excluding hydrogens is 334 g/mol. The van der Waals surface area contributed by atoms with E-state index in [1.807, 2.05) is 0 Å². The normalized spacial score (nSPS) is 30.2. The van der Waals surface area contributed by atoms with Crippen molar-refractivity contribution in [3.63, 3.8) is 0 Å². The number of hydrazone groups is 1. The zero-order valence-electron chi connectivity index (χ0n) is 13.0. The lowest BCUT2D eigenvalue weighted by atomic mass is 9.96. The molecule has 132 valence electrons. The average Bonchev–Trinajstić information content (AvgIpc) is 2.57. The van der Waals surface area contributed by atoms with Crippen molar-refractivity contribution in [1.29, 1.82) is 0 Å². The lowest BCUT2D eigenvalue weighted by molar-refractivity contribution is -0.225. The number of phenolic OH excluding ortho intramolecular Hbond substituents is 1. The van der Waals surface area contributed by atoms with Crippen molar-refractivity contribution in [1.82, 2.24) is 10.7 Å². The molecule has 1 aromatic carbocycles. The number of ether oxygens (including phenoxy) is 1. The highest BCUT2D eigenvalue weighted by Crippen LogP contribution is 2.21. The third-order valence-electron chi connectivity index (χ3n) is 3.66. The van der Waals surface area contributed by atoms with Gasteiger partial charge < -0.3 is 30.5 Å². The van der Waals surface area contributed by atoms with Crippen molar-refractivity contribution < 1.29 is 25.2 Å². The smallest absolute Gasteiger partial charge is 0.189 e. The van der Waals surface area contributed by atoms with Gasteiger partial charge in [-0.05, 0) is 48.5 Å². The molecule has 1 fully saturated rings. The molecule has 0 aromatic heterocycles. The first-order valence-electron chi connectivity index (χ1n) is 7.50. The Labute approximate surface area is 144 Å². The number of hydrogen-bond donors (Lipinski definition) is 6. The molecule has 0 spiro atoms. The van der Waals surface area contributed by atoms with E-state index in [0.29, 0.717) is 6.42 Å². The highest BCUT2D eigenvalue weighted by Gasteiger charge is 2.43. The summed E-state index contributed by atoms with van der Waals surface area (Å²) in [5.41, 5.74) is 3.32. The number of nitrogens with zero attached hydrogens (tertiary/aromatic N) is 1. The summed E-state index contributed by atoms with van der Waals surface area (Å²) in [6.45, 7) is 1.80. The maximum absolute atomic E-state index is 9.95. The second kappa shape index (κ2) is 8.36. The number of nitrogens with one attached hydrogen (secondary N) is 2. The standard InChI is InChI=1S/C15H21N3O5S/c1-2-10-11(20)12(21)13(22)14(23-10)17-15(24)18-16-7-8-3-5-9(19)6-4-8/h3-7,10-14,19-22H,2H2,1H3,(H2,17,18,24)/b16-7+/t10-,11-,12+,13-,14-/m1/s1. The summed E-state index contributed by atoms with van der Waals surface area (Å²) in [7, 11) is 0. The number of aliphatic hydroxyl groups is 3. The van der Waals surface area contributed by atoms with E-state index in [4.69, 9.17) is 17.0 Å². The van der Waals surface area contributed by atoms with Gasteiger partial charge in [0, 0.05) is 0 Å². The molecule has 1 aliphatic heterocycles. The van der Waals surface area contributed by atoms with Gasteiger partial charge in [-0.2, -0.15) is 5.10 Å². The van der Waals surface area contributed by atoms with Crippen molar-refractivity contribution in [3.8, 4) is 5.75 Å². The molecule has 1 aliphatic rings. The van der Waals surface area contributed by atoms with Gasteiger partial charge in [-0.15, -0.1) is 0 Å². The minimum Gasteiger partial charge on any atom is -0.508 e. The van der Waals surface area contributed by atoms with Crippen LogP contribution < -0.4 is 10.7 Å². The molecule has 0 saturated carbocycles. The first kappa shape index (κ1) is 18.6. The molecular formula is C15H21N3O5S. The third kappa shape index (κ3) is 4.62. The minimum atomic E-state index is -1.33. The van der Waals surface area contributed by atoms with Crippen LogP contribution in [0.3, 0.4) is 0 Å². The Morgan fingerprint density at radius 1 is 1.21 bits per heavy atom. The van der Waals surface area contributed by atoms with E-state index in [9.17, 15) is 20.4 Å². The number of phenols is 1. The number of rotatable bonds is 4. The summed E-state index contributed by atoms with van der Waals surface area (Å²) in [5, 5.41) is 45.5. The highest BCUT2D eigenvalue weighted by molar-refractivity contribution is 7.80. The Morgan fingerprint density at radius 2 is 1.88 bits per heavy atom. The number of benzene rings is 1. The largest absolute Gasteiger partial charge is 0.508 e. The predicted octanol–water partition coefficient (Wildman–Crippen LogP) is -0.592. The first-order valence-corrected chi connectivity index (χ1v) is 7.91. The van der Waals surface area contributed by atoms with Gasteiger partial charge >= 0.3 is 0 Å². The molecule has 1 saturated heterocycles. The quantitative estimate of drug-likeness (QED) is 0.240. The topological polar surface area (TPSA) is 127 Å². The van der Waals surface area contributed by atoms with Crippen LogP contribution in [0.4, 0.5) is 0 Å². The number of aliphatic hydroxyl groups excluding tert-OH is 3. The Kier molecular flexibility index (Phi) is 6.46. The predicted molar refractivity (Wildman–Crippen MR) is 91.5 cm³/mol. The SMILES string of the molecule is CC[C@H]1O[C@@H](NC(=S)N/N=C/c2ccc(O)cc2)[C@H](O)[C@@H](O)[C@@H]1O. The van der Waals surface area contributed by atoms with Gasteiger partial charge in [-0.1, -0.05) is 6.92 Å². The maximum atomic E-state index is 9.95. The second-order valence-electron chi connectivity index (χ2n) is 5.41. The van der Waals surface area contributed by atoms with Crippen LogP contribution in [0.1, 0.15) is 18.9 Å². The molecule has 0 unspecified atom stereocenters. The van der Waals surface area contributed by atoms with E-state index in [-0.39, 0.29) is 10.9 Å². The maximum Gasteiger partial charge on any atom is 0.189 e. The lowest BCUT2D eigenvalue weighted by Gasteiger charge is -2.40. The molecule has 0 radical (unpaired) electrons. The van der Waals surface area contributed by atoms with Gasteiger partial charge in [0.15, 0.2) is 11.3 Å². The summed E-state index contributed by atoms with van der Waals surface area (Å²) in [6, 6.07) is 6.41. The lowest BCUT2D eigenvalue weighted by Crippen LogP contribution is -2.62. The van der Waals surface area contributed by atoms with Crippen molar-refractivity contribution >= 4 is 23.5 Å². The van der Waals surface area contributed by atoms with Gasteiger partial charge in [0.2, 0.25) is 0 Å². The van der Waals surface area contributed by atoms with Crippen LogP contribution in [-0.4, -0.2) is 62.4 Å². The molecule has 1 aromatic rings. The van der Waals surface area contributed by atoms with Crippen LogP contribution in [0, 0.1) is 0 Å². The highest BCUT2D eigenvalue weighted by atomic mass is 32.1. The summed E-state index contributed by atoms with van der Waals surface area (Å²) in [5.74, 6) is 0.159. The zero-order chi connectivity index (χ0) is 17.7. The third-order valence-corrected chi connectivity index (χ3v) is 3.87. The van der Waals surface area contributed by atoms with E-state index in [2.05, 4.69) is 15.8 Å². The molecule has 6 N–H and O–H groups in total. The Balaban J connectivity index is 1.88. The summed E-state index contributed by atoms with van der Waals surface area (Å²) in [4.78, 5) is 0. The fraction of sp³-hybridized carbons (Fsp3) is 0.467. The molecule has 2 rings (SSSR count). The van der Waals surface area contributed by atoms with E-state index in [1.165, 1.54) is 18.3 Å². The van der Waals surface area contributed by atoms with Gasteiger partial charge in [0.25, 0.3) is 0 Å². The molecule has 24 heavy (non-hydrogen) atoms. The second-order valence-corrected chi connectivity index (χ2v) is 5.82. The Morgan fingerprint density at radius 3 is 2.50 bits per heavy atom. The fourth-order valence-electron chi connectivity index (χ4n) is 2.29. The van der Waals surface area contributed by atoms with E-state index < -0.39 is 30.6 Å². The van der Waals surface area contributed by atoms with Crippen LogP contribution in [0.2, 0.25) is 0 Å². The molecule has 9 heteroatoms. The molecule has 0 amide bonds. The number of hydrogen-bond acceptors (Lipinski definition) is 7. The minimum absolute atomic E-state index is 0.0903. The molecule has 1 heterocycles. The van der Waals surface area contributed by atoms with Crippen molar-refractivity contribution in [3.05, 3.63) is 29.8 Å². The van der Waals surface area contributed by atoms with E-state index >= 15 is 0 Å². The van der Waals surface area contributed by atoms with Crippen LogP contribution >= 0.6 is 12.2 Å².